The Morgan fingerprint density at radius 1 is 1.44 bits per heavy atom. The van der Waals surface area contributed by atoms with Gasteiger partial charge in [-0.05, 0) is 36.9 Å². The highest BCUT2D eigenvalue weighted by Gasteiger charge is 2.22. The number of carbonyl (C=O) groups excluding carboxylic acids is 1. The number of carbonyl (C=O) groups is 1. The van der Waals surface area contributed by atoms with Crippen molar-refractivity contribution in [2.24, 2.45) is 0 Å². The third-order valence-electron chi connectivity index (χ3n) is 3.31. The molecule has 1 aliphatic rings. The number of nitrogens with one attached hydrogen (secondary N) is 1. The van der Waals surface area contributed by atoms with Crippen LogP contribution in [0.15, 0.2) is 24.3 Å². The van der Waals surface area contributed by atoms with E-state index in [0.29, 0.717) is 24.7 Å². The highest BCUT2D eigenvalue weighted by atomic mass is 16.5. The van der Waals surface area contributed by atoms with Crippen LogP contribution in [0.5, 0.6) is 5.75 Å². The molecule has 98 valence electrons. The first-order valence-electron chi connectivity index (χ1n) is 6.75. The van der Waals surface area contributed by atoms with Gasteiger partial charge in [0.25, 0.3) is 0 Å². The van der Waals surface area contributed by atoms with Gasteiger partial charge in [-0.15, -0.1) is 0 Å². The molecule has 0 amide bonds. The van der Waals surface area contributed by atoms with Crippen molar-refractivity contribution in [3.8, 4) is 5.75 Å². The van der Waals surface area contributed by atoms with Crippen molar-refractivity contribution in [2.45, 2.75) is 32.1 Å². The monoisotopic (exact) mass is 247 g/mol. The summed E-state index contributed by atoms with van der Waals surface area (Å²) in [6.45, 7) is 4.23. The smallest absolute Gasteiger partial charge is 0.147 e. The first-order valence-corrected chi connectivity index (χ1v) is 6.75. The Kier molecular flexibility index (Phi) is 4.76. The van der Waals surface area contributed by atoms with Crippen molar-refractivity contribution in [3.05, 3.63) is 29.8 Å². The molecule has 1 N–H and O–H groups in total. The van der Waals surface area contributed by atoms with Crippen LogP contribution in [0.4, 0.5) is 0 Å². The highest BCUT2D eigenvalue weighted by molar-refractivity contribution is 5.81. The van der Waals surface area contributed by atoms with Crippen LogP contribution >= 0.6 is 0 Å². The van der Waals surface area contributed by atoms with Gasteiger partial charge in [-0.3, -0.25) is 4.79 Å². The Morgan fingerprint density at radius 2 is 2.28 bits per heavy atom. The van der Waals surface area contributed by atoms with Crippen molar-refractivity contribution in [3.63, 3.8) is 0 Å². The molecule has 18 heavy (non-hydrogen) atoms. The molecular formula is C15H21NO2. The first-order chi connectivity index (χ1) is 8.81. The van der Waals surface area contributed by atoms with Gasteiger partial charge in [0.05, 0.1) is 13.2 Å². The molecule has 0 fully saturated rings. The van der Waals surface area contributed by atoms with Crippen molar-refractivity contribution in [1.29, 1.82) is 0 Å². The van der Waals surface area contributed by atoms with E-state index in [-0.39, 0.29) is 0 Å². The second kappa shape index (κ2) is 6.55. The predicted octanol–water partition coefficient (Wildman–Crippen LogP) is 2.51. The van der Waals surface area contributed by atoms with Crippen LogP contribution in [0, 0.1) is 0 Å². The number of benzene rings is 1. The van der Waals surface area contributed by atoms with E-state index in [1.165, 1.54) is 5.56 Å². The number of rotatable bonds is 6. The Bertz CT molecular complexity index is 403. The van der Waals surface area contributed by atoms with Crippen LogP contribution in [0.1, 0.15) is 37.7 Å². The predicted molar refractivity (Wildman–Crippen MR) is 72.1 cm³/mol. The van der Waals surface area contributed by atoms with Gasteiger partial charge < -0.3 is 10.1 Å². The molecule has 1 atom stereocenters. The molecule has 0 aromatic heterocycles. The lowest BCUT2D eigenvalue weighted by Gasteiger charge is -2.25. The lowest BCUT2D eigenvalue weighted by molar-refractivity contribution is -0.118. The molecule has 1 unspecified atom stereocenters. The van der Waals surface area contributed by atoms with Gasteiger partial charge in [0.15, 0.2) is 0 Å². The molecule has 0 saturated heterocycles. The molecule has 0 saturated carbocycles. The van der Waals surface area contributed by atoms with Gasteiger partial charge in [-0.25, -0.2) is 0 Å². The molecule has 0 bridgehead atoms. The van der Waals surface area contributed by atoms with E-state index in [4.69, 9.17) is 4.74 Å². The average Bonchev–Trinajstić information content (AvgIpc) is 2.39. The van der Waals surface area contributed by atoms with Gasteiger partial charge in [0.1, 0.15) is 11.5 Å². The molecule has 0 radical (unpaired) electrons. The fourth-order valence-electron chi connectivity index (χ4n) is 2.38. The maximum atomic E-state index is 11.9. The molecule has 1 aromatic rings. The molecule has 1 aromatic carbocycles. The molecule has 3 heteroatoms. The number of Topliss-reactive ketones (excluding diaryl/α,β-unsaturated/α-hetero) is 1. The molecular weight excluding hydrogens is 226 g/mol. The summed E-state index contributed by atoms with van der Waals surface area (Å²) in [6, 6.07) is 8.05. The lowest BCUT2D eigenvalue weighted by atomic mass is 9.89. The standard InChI is InChI=1S/C15H21NO2/c1-2-8-16-11-13(17)10-12-7-9-18-15-6-4-3-5-14(12)15/h3-6,12,16H,2,7-11H2,1H3. The summed E-state index contributed by atoms with van der Waals surface area (Å²) in [6.07, 6.45) is 2.63. The summed E-state index contributed by atoms with van der Waals surface area (Å²) < 4.78 is 5.61. The zero-order valence-electron chi connectivity index (χ0n) is 10.9. The zero-order chi connectivity index (χ0) is 12.8. The Labute approximate surface area is 109 Å². The van der Waals surface area contributed by atoms with E-state index < -0.39 is 0 Å². The van der Waals surface area contributed by atoms with Gasteiger partial charge in [0.2, 0.25) is 0 Å². The number of hydrogen-bond acceptors (Lipinski definition) is 3. The van der Waals surface area contributed by atoms with E-state index in [1.807, 2.05) is 18.2 Å². The third-order valence-corrected chi connectivity index (χ3v) is 3.31. The molecule has 1 heterocycles. The number of fused-ring (bicyclic) bond motifs is 1. The summed E-state index contributed by atoms with van der Waals surface area (Å²) in [7, 11) is 0. The molecule has 2 rings (SSSR count). The van der Waals surface area contributed by atoms with E-state index in [9.17, 15) is 4.79 Å². The lowest BCUT2D eigenvalue weighted by Crippen LogP contribution is -2.26. The first kappa shape index (κ1) is 13.1. The van der Waals surface area contributed by atoms with Crippen LogP contribution in [-0.2, 0) is 4.79 Å². The minimum absolute atomic E-state index is 0.296. The average molecular weight is 247 g/mol. The molecule has 1 aliphatic heterocycles. The third kappa shape index (κ3) is 3.33. The van der Waals surface area contributed by atoms with E-state index in [1.54, 1.807) is 0 Å². The molecule has 0 aliphatic carbocycles. The summed E-state index contributed by atoms with van der Waals surface area (Å²) >= 11 is 0. The Morgan fingerprint density at radius 3 is 3.11 bits per heavy atom. The fraction of sp³-hybridized carbons (Fsp3) is 0.533. The number of ether oxygens (including phenoxy) is 1. The Hall–Kier alpha value is -1.35. The van der Waals surface area contributed by atoms with Crippen LogP contribution < -0.4 is 10.1 Å². The number of para-hydroxylation sites is 1. The van der Waals surface area contributed by atoms with Crippen molar-refractivity contribution in [2.75, 3.05) is 19.7 Å². The zero-order valence-corrected chi connectivity index (χ0v) is 10.9. The van der Waals surface area contributed by atoms with Gasteiger partial charge >= 0.3 is 0 Å². The quantitative estimate of drug-likeness (QED) is 0.785. The van der Waals surface area contributed by atoms with Crippen molar-refractivity contribution in [1.82, 2.24) is 5.32 Å². The van der Waals surface area contributed by atoms with Crippen LogP contribution in [0.3, 0.4) is 0 Å². The van der Waals surface area contributed by atoms with Crippen molar-refractivity contribution < 1.29 is 9.53 Å². The minimum atomic E-state index is 0.296. The summed E-state index contributed by atoms with van der Waals surface area (Å²) in [4.78, 5) is 11.9. The van der Waals surface area contributed by atoms with E-state index >= 15 is 0 Å². The summed E-state index contributed by atoms with van der Waals surface area (Å²) in [5.41, 5.74) is 1.19. The fourth-order valence-corrected chi connectivity index (χ4v) is 2.38. The Balaban J connectivity index is 1.92. The van der Waals surface area contributed by atoms with E-state index in [0.717, 1.165) is 31.7 Å². The van der Waals surface area contributed by atoms with E-state index in [2.05, 4.69) is 18.3 Å². The topological polar surface area (TPSA) is 38.3 Å². The maximum absolute atomic E-state index is 11.9. The summed E-state index contributed by atoms with van der Waals surface area (Å²) in [5, 5.41) is 3.17. The van der Waals surface area contributed by atoms with Crippen LogP contribution in [-0.4, -0.2) is 25.5 Å². The maximum Gasteiger partial charge on any atom is 0.147 e. The van der Waals surface area contributed by atoms with Gasteiger partial charge in [-0.2, -0.15) is 0 Å². The number of ketones is 1. The van der Waals surface area contributed by atoms with Gasteiger partial charge in [0, 0.05) is 6.42 Å². The molecule has 3 nitrogen and oxygen atoms in total. The summed E-state index contributed by atoms with van der Waals surface area (Å²) in [5.74, 6) is 1.57. The second-order valence-corrected chi connectivity index (χ2v) is 4.79. The van der Waals surface area contributed by atoms with Crippen LogP contribution in [0.25, 0.3) is 0 Å². The SMILES string of the molecule is CCCNCC(=O)CC1CCOc2ccccc21. The van der Waals surface area contributed by atoms with Crippen molar-refractivity contribution >= 4 is 5.78 Å². The normalized spacial score (nSPS) is 17.9. The van der Waals surface area contributed by atoms with Gasteiger partial charge in [-0.1, -0.05) is 25.1 Å². The minimum Gasteiger partial charge on any atom is -0.493 e. The second-order valence-electron chi connectivity index (χ2n) is 4.79. The van der Waals surface area contributed by atoms with Crippen LogP contribution in [0.2, 0.25) is 0 Å². The highest BCUT2D eigenvalue weighted by Crippen LogP contribution is 2.35. The molecule has 0 spiro atoms. The largest absolute Gasteiger partial charge is 0.493 e. The number of hydrogen-bond donors (Lipinski definition) is 1.